The number of hydrogen-bond donors (Lipinski definition) is 1. The average Bonchev–Trinajstić information content (AvgIpc) is 2.57. The Morgan fingerprint density at radius 2 is 1.81 bits per heavy atom. The molecule has 0 fully saturated rings. The third-order valence-electron chi connectivity index (χ3n) is 3.94. The van der Waals surface area contributed by atoms with Crippen LogP contribution in [0, 0.1) is 24.0 Å². The van der Waals surface area contributed by atoms with Gasteiger partial charge in [0.25, 0.3) is 5.69 Å². The molecule has 144 valence electrons. The van der Waals surface area contributed by atoms with E-state index < -0.39 is 39.2 Å². The van der Waals surface area contributed by atoms with Gasteiger partial charge in [-0.2, -0.15) is 13.2 Å². The molecule has 0 aromatic heterocycles. The number of nitro groups is 1. The summed E-state index contributed by atoms with van der Waals surface area (Å²) in [6.45, 7) is 5.46. The van der Waals surface area contributed by atoms with Crippen LogP contribution in [0.15, 0.2) is 41.3 Å². The average molecular weight is 398 g/mol. The van der Waals surface area contributed by atoms with Crippen LogP contribution in [0.2, 0.25) is 0 Å². The predicted molar refractivity (Wildman–Crippen MR) is 98.0 cm³/mol. The highest BCUT2D eigenvalue weighted by Gasteiger charge is 2.36. The number of hydrogen-bond acceptors (Lipinski definition) is 4. The van der Waals surface area contributed by atoms with Crippen LogP contribution < -0.4 is 5.32 Å². The van der Waals surface area contributed by atoms with Crippen LogP contribution in [0.1, 0.15) is 23.6 Å². The fraction of sp³-hybridized carbons (Fsp3) is 0.278. The van der Waals surface area contributed by atoms with Gasteiger partial charge in [-0.25, -0.2) is 0 Å². The lowest BCUT2D eigenvalue weighted by atomic mass is 10.1. The van der Waals surface area contributed by atoms with Gasteiger partial charge in [0, 0.05) is 17.0 Å². The molecule has 27 heavy (non-hydrogen) atoms. The van der Waals surface area contributed by atoms with E-state index in [1.54, 1.807) is 6.92 Å². The molecular formula is C18H17F3N2O3S. The molecule has 2 aromatic rings. The number of nitrogens with one attached hydrogen (secondary N) is 1. The molecule has 2 rings (SSSR count). The molecule has 1 N–H and O–H groups in total. The van der Waals surface area contributed by atoms with Gasteiger partial charge in [-0.15, -0.1) is 11.8 Å². The third kappa shape index (κ3) is 5.22. The van der Waals surface area contributed by atoms with E-state index in [-0.39, 0.29) is 0 Å². The highest BCUT2D eigenvalue weighted by molar-refractivity contribution is 8.00. The van der Waals surface area contributed by atoms with Crippen molar-refractivity contribution < 1.29 is 22.9 Å². The second-order valence-electron chi connectivity index (χ2n) is 5.98. The summed E-state index contributed by atoms with van der Waals surface area (Å²) in [5.41, 5.74) is -0.323. The molecule has 0 spiro atoms. The van der Waals surface area contributed by atoms with Crippen LogP contribution in [-0.4, -0.2) is 16.1 Å². The van der Waals surface area contributed by atoms with Crippen molar-refractivity contribution in [3.8, 4) is 0 Å². The van der Waals surface area contributed by atoms with Crippen molar-refractivity contribution in [1.29, 1.82) is 0 Å². The number of carbonyl (C=O) groups is 1. The molecule has 0 aliphatic carbocycles. The summed E-state index contributed by atoms with van der Waals surface area (Å²) in [4.78, 5) is 23.0. The third-order valence-corrected chi connectivity index (χ3v) is 5.03. The molecule has 2 aromatic carbocycles. The molecule has 0 aliphatic heterocycles. The van der Waals surface area contributed by atoms with Crippen molar-refractivity contribution in [3.05, 3.63) is 63.2 Å². The highest BCUT2D eigenvalue weighted by Crippen LogP contribution is 2.37. The maximum Gasteiger partial charge on any atom is 0.418 e. The van der Waals surface area contributed by atoms with E-state index in [0.717, 1.165) is 28.2 Å². The van der Waals surface area contributed by atoms with Crippen molar-refractivity contribution in [2.45, 2.75) is 37.1 Å². The molecule has 0 heterocycles. The molecule has 5 nitrogen and oxygen atoms in total. The number of aryl methyl sites for hydroxylation is 2. The highest BCUT2D eigenvalue weighted by atomic mass is 32.2. The van der Waals surface area contributed by atoms with Crippen LogP contribution in [0.3, 0.4) is 0 Å². The minimum atomic E-state index is -4.83. The summed E-state index contributed by atoms with van der Waals surface area (Å²) >= 11 is 1.21. The van der Waals surface area contributed by atoms with Crippen LogP contribution in [0.5, 0.6) is 0 Å². The molecule has 9 heteroatoms. The monoisotopic (exact) mass is 398 g/mol. The van der Waals surface area contributed by atoms with Crippen LogP contribution in [0.25, 0.3) is 0 Å². The van der Waals surface area contributed by atoms with Gasteiger partial charge in [0.2, 0.25) is 5.91 Å². The first-order valence-electron chi connectivity index (χ1n) is 7.89. The smallest absolute Gasteiger partial charge is 0.325 e. The quantitative estimate of drug-likeness (QED) is 0.419. The van der Waals surface area contributed by atoms with Gasteiger partial charge in [-0.3, -0.25) is 14.9 Å². The van der Waals surface area contributed by atoms with E-state index in [4.69, 9.17) is 0 Å². The van der Waals surface area contributed by atoms with E-state index in [9.17, 15) is 28.1 Å². The second kappa shape index (κ2) is 7.99. The maximum atomic E-state index is 13.2. The van der Waals surface area contributed by atoms with Gasteiger partial charge in [-0.05, 0) is 50.1 Å². The zero-order valence-electron chi connectivity index (χ0n) is 14.8. The first-order valence-corrected chi connectivity index (χ1v) is 8.77. The SMILES string of the molecule is Cc1ccc(S[C@@H](C)C(=O)Nc2ccc([N+](=O)[O-])cc2C(F)(F)F)cc1C. The number of carbonyl (C=O) groups excluding carboxylic acids is 1. The topological polar surface area (TPSA) is 72.2 Å². The van der Waals surface area contributed by atoms with Gasteiger partial charge >= 0.3 is 6.18 Å². The zero-order valence-corrected chi connectivity index (χ0v) is 15.6. The molecule has 0 saturated carbocycles. The van der Waals surface area contributed by atoms with Crippen molar-refractivity contribution in [2.75, 3.05) is 5.32 Å². The molecule has 0 radical (unpaired) electrons. The summed E-state index contributed by atoms with van der Waals surface area (Å²) in [6, 6.07) is 7.87. The van der Waals surface area contributed by atoms with Gasteiger partial charge < -0.3 is 5.32 Å². The van der Waals surface area contributed by atoms with Gasteiger partial charge in [-0.1, -0.05) is 6.07 Å². The summed E-state index contributed by atoms with van der Waals surface area (Å²) in [5.74, 6) is -0.627. The number of nitrogens with zero attached hydrogens (tertiary/aromatic N) is 1. The largest absolute Gasteiger partial charge is 0.418 e. The molecule has 1 amide bonds. The number of alkyl halides is 3. The number of rotatable bonds is 5. The van der Waals surface area contributed by atoms with Gasteiger partial charge in [0.1, 0.15) is 0 Å². The number of thioether (sulfide) groups is 1. The minimum Gasteiger partial charge on any atom is -0.325 e. The maximum absolute atomic E-state index is 13.2. The van der Waals surface area contributed by atoms with E-state index in [2.05, 4.69) is 5.32 Å². The normalized spacial score (nSPS) is 12.5. The lowest BCUT2D eigenvalue weighted by Crippen LogP contribution is -2.24. The fourth-order valence-corrected chi connectivity index (χ4v) is 3.23. The Hall–Kier alpha value is -2.55. The van der Waals surface area contributed by atoms with Crippen molar-refractivity contribution in [1.82, 2.24) is 0 Å². The fourth-order valence-electron chi connectivity index (χ4n) is 2.27. The zero-order chi connectivity index (χ0) is 20.4. The van der Waals surface area contributed by atoms with E-state index >= 15 is 0 Å². The standard InChI is InChI=1S/C18H17F3N2O3S/c1-10-4-6-14(8-11(10)2)27-12(3)17(24)22-16-7-5-13(23(25)26)9-15(16)18(19,20)21/h4-9,12H,1-3H3,(H,22,24)/t12-/m0/s1. The Labute approximate surface area is 158 Å². The molecule has 0 bridgehead atoms. The van der Waals surface area contributed by atoms with Gasteiger partial charge in [0.05, 0.1) is 21.4 Å². The van der Waals surface area contributed by atoms with Crippen molar-refractivity contribution >= 4 is 29.0 Å². The Balaban J connectivity index is 2.21. The van der Waals surface area contributed by atoms with E-state index in [1.165, 1.54) is 11.8 Å². The summed E-state index contributed by atoms with van der Waals surface area (Å²) < 4.78 is 39.6. The number of halogens is 3. The first kappa shape index (κ1) is 20.8. The van der Waals surface area contributed by atoms with Crippen LogP contribution in [0.4, 0.5) is 24.5 Å². The summed E-state index contributed by atoms with van der Waals surface area (Å²) in [6.07, 6.45) is -4.83. The molecule has 0 saturated heterocycles. The molecular weight excluding hydrogens is 381 g/mol. The van der Waals surface area contributed by atoms with Crippen LogP contribution >= 0.6 is 11.8 Å². The minimum absolute atomic E-state index is 0.413. The number of amides is 1. The van der Waals surface area contributed by atoms with E-state index in [1.807, 2.05) is 32.0 Å². The van der Waals surface area contributed by atoms with E-state index in [0.29, 0.717) is 6.07 Å². The first-order chi connectivity index (χ1) is 12.5. The lowest BCUT2D eigenvalue weighted by molar-refractivity contribution is -0.385. The Morgan fingerprint density at radius 3 is 2.37 bits per heavy atom. The molecule has 0 unspecified atom stereocenters. The van der Waals surface area contributed by atoms with Crippen molar-refractivity contribution in [2.24, 2.45) is 0 Å². The Morgan fingerprint density at radius 1 is 1.15 bits per heavy atom. The van der Waals surface area contributed by atoms with Gasteiger partial charge in [0.15, 0.2) is 0 Å². The molecule has 1 atom stereocenters. The molecule has 0 aliphatic rings. The summed E-state index contributed by atoms with van der Waals surface area (Å²) in [7, 11) is 0. The number of anilines is 1. The Bertz CT molecular complexity index is 885. The summed E-state index contributed by atoms with van der Waals surface area (Å²) in [5, 5.41) is 12.3. The number of benzene rings is 2. The Kier molecular flexibility index (Phi) is 6.15. The van der Waals surface area contributed by atoms with Crippen LogP contribution in [-0.2, 0) is 11.0 Å². The second-order valence-corrected chi connectivity index (χ2v) is 7.39. The number of nitro benzene ring substituents is 1. The number of non-ortho nitro benzene ring substituents is 1. The lowest BCUT2D eigenvalue weighted by Gasteiger charge is -2.16. The van der Waals surface area contributed by atoms with Crippen molar-refractivity contribution in [3.63, 3.8) is 0 Å². The predicted octanol–water partition coefficient (Wildman–Crippen LogP) is 5.35.